The van der Waals surface area contributed by atoms with Gasteiger partial charge < -0.3 is 19.8 Å². The Morgan fingerprint density at radius 3 is 2.51 bits per heavy atom. The Hall–Kier alpha value is -2.74. The Balaban J connectivity index is 1.90. The topological polar surface area (TPSA) is 109 Å². The highest BCUT2D eigenvalue weighted by Crippen LogP contribution is 2.60. The molecule has 0 aromatic heterocycles. The second-order valence-electron chi connectivity index (χ2n) is 10.4. The van der Waals surface area contributed by atoms with E-state index in [1.54, 1.807) is 18.7 Å². The maximum atomic E-state index is 14.2. The molecule has 1 saturated carbocycles. The summed E-state index contributed by atoms with van der Waals surface area (Å²) in [5.74, 6) is -1.04. The van der Waals surface area contributed by atoms with Crippen molar-refractivity contribution in [1.82, 2.24) is 10.2 Å². The summed E-state index contributed by atoms with van der Waals surface area (Å²) in [5, 5.41) is 11.2. The van der Waals surface area contributed by atoms with Gasteiger partial charge in [0.25, 0.3) is 0 Å². The molecule has 1 aliphatic carbocycles. The third-order valence-corrected chi connectivity index (χ3v) is 8.62. The zero-order valence-electron chi connectivity index (χ0n) is 22.8. The number of fused-ring (bicyclic) bond motifs is 1. The first-order chi connectivity index (χ1) is 17.8. The summed E-state index contributed by atoms with van der Waals surface area (Å²) in [4.78, 5) is 41.8. The first-order valence-corrected chi connectivity index (χ1v) is 13.7. The molecule has 8 nitrogen and oxygen atoms in total. The number of likely N-dealkylation sites (tertiary alicyclic amines) is 1. The summed E-state index contributed by atoms with van der Waals surface area (Å²) in [5.41, 5.74) is 0.241. The van der Waals surface area contributed by atoms with E-state index in [0.29, 0.717) is 25.7 Å². The molecule has 1 aromatic carbocycles. The Bertz CT molecular complexity index is 954. The third-order valence-electron chi connectivity index (χ3n) is 8.62. The number of carbonyl (C=O) groups excluding carboxylic acids is 3. The average Bonchev–Trinajstić information content (AvgIpc) is 3.22. The first kappa shape index (κ1) is 28.8. The maximum absolute atomic E-state index is 14.2. The van der Waals surface area contributed by atoms with Crippen LogP contribution >= 0.6 is 0 Å². The summed E-state index contributed by atoms with van der Waals surface area (Å²) >= 11 is 0. The normalized spacial score (nSPS) is 26.6. The summed E-state index contributed by atoms with van der Waals surface area (Å²) < 4.78 is 10.5. The fourth-order valence-corrected chi connectivity index (χ4v) is 6.78. The maximum Gasteiger partial charge on any atom is 0.328 e. The van der Waals surface area contributed by atoms with Crippen LogP contribution < -0.4 is 5.32 Å². The van der Waals surface area contributed by atoms with Crippen molar-refractivity contribution in [1.29, 1.82) is 5.41 Å². The smallest absolute Gasteiger partial charge is 0.328 e. The Morgan fingerprint density at radius 2 is 1.89 bits per heavy atom. The number of rotatable bonds is 12. The fourth-order valence-electron chi connectivity index (χ4n) is 6.78. The Labute approximate surface area is 221 Å². The van der Waals surface area contributed by atoms with Crippen molar-refractivity contribution in [2.75, 3.05) is 13.7 Å². The number of benzene rings is 1. The molecule has 0 spiro atoms. The van der Waals surface area contributed by atoms with Crippen molar-refractivity contribution in [2.45, 2.75) is 102 Å². The molecule has 2 N–H and O–H groups in total. The van der Waals surface area contributed by atoms with Crippen LogP contribution in [0.4, 0.5) is 0 Å². The van der Waals surface area contributed by atoms with Crippen LogP contribution in [-0.2, 0) is 30.3 Å². The molecule has 8 heteroatoms. The van der Waals surface area contributed by atoms with Gasteiger partial charge in [-0.15, -0.1) is 0 Å². The number of methoxy groups -OCH3 is 1. The SMILES string of the molecule is CCOC(=O)[C@H](CCc1ccccc1)N[C@@H](C)C(=O)N1C(C(=O)OC)CC2(CC)CCCCC12CC=N. The summed E-state index contributed by atoms with van der Waals surface area (Å²) in [6.45, 7) is 5.88. The van der Waals surface area contributed by atoms with E-state index >= 15 is 0 Å². The molecule has 204 valence electrons. The molecule has 1 aromatic rings. The molecular formula is C29H43N3O5. The van der Waals surface area contributed by atoms with E-state index in [9.17, 15) is 14.4 Å². The Kier molecular flexibility index (Phi) is 9.87. The zero-order valence-corrected chi connectivity index (χ0v) is 22.8. The van der Waals surface area contributed by atoms with Gasteiger partial charge in [0.05, 0.1) is 25.3 Å². The van der Waals surface area contributed by atoms with Gasteiger partial charge in [0, 0.05) is 6.42 Å². The van der Waals surface area contributed by atoms with Crippen LogP contribution in [0.2, 0.25) is 0 Å². The van der Waals surface area contributed by atoms with Crippen molar-refractivity contribution < 1.29 is 23.9 Å². The van der Waals surface area contributed by atoms with Crippen molar-refractivity contribution in [3.05, 3.63) is 35.9 Å². The first-order valence-electron chi connectivity index (χ1n) is 13.7. The number of esters is 2. The molecule has 2 aliphatic rings. The second kappa shape index (κ2) is 12.7. The minimum absolute atomic E-state index is 0.233. The fraction of sp³-hybridized carbons (Fsp3) is 0.655. The van der Waals surface area contributed by atoms with Gasteiger partial charge in [-0.05, 0) is 69.6 Å². The summed E-state index contributed by atoms with van der Waals surface area (Å²) in [6.07, 6.45) is 7.93. The van der Waals surface area contributed by atoms with Crippen molar-refractivity contribution in [3.63, 3.8) is 0 Å². The highest BCUT2D eigenvalue weighted by molar-refractivity contribution is 5.90. The van der Waals surface area contributed by atoms with E-state index in [1.807, 2.05) is 30.3 Å². The van der Waals surface area contributed by atoms with Crippen LogP contribution in [0.1, 0.15) is 77.7 Å². The molecular weight excluding hydrogens is 470 g/mol. The van der Waals surface area contributed by atoms with Gasteiger partial charge >= 0.3 is 11.9 Å². The van der Waals surface area contributed by atoms with Gasteiger partial charge in [0.15, 0.2) is 0 Å². The van der Waals surface area contributed by atoms with E-state index < -0.39 is 35.6 Å². The lowest BCUT2D eigenvalue weighted by molar-refractivity contribution is -0.158. The molecule has 2 fully saturated rings. The molecule has 1 saturated heterocycles. The lowest BCUT2D eigenvalue weighted by Gasteiger charge is -2.53. The molecule has 0 radical (unpaired) electrons. The summed E-state index contributed by atoms with van der Waals surface area (Å²) in [7, 11) is 1.36. The number of hydrogen-bond donors (Lipinski definition) is 2. The monoisotopic (exact) mass is 513 g/mol. The number of nitrogens with one attached hydrogen (secondary N) is 2. The van der Waals surface area contributed by atoms with E-state index in [2.05, 4.69) is 12.2 Å². The molecule has 1 amide bonds. The van der Waals surface area contributed by atoms with Gasteiger partial charge in [0.1, 0.15) is 12.1 Å². The van der Waals surface area contributed by atoms with Gasteiger partial charge in [-0.1, -0.05) is 50.1 Å². The number of aryl methyl sites for hydroxylation is 1. The average molecular weight is 514 g/mol. The molecule has 3 unspecified atom stereocenters. The third kappa shape index (κ3) is 5.74. The van der Waals surface area contributed by atoms with Crippen molar-refractivity contribution in [2.24, 2.45) is 5.41 Å². The zero-order chi connectivity index (χ0) is 27.1. The second-order valence-corrected chi connectivity index (χ2v) is 10.4. The van der Waals surface area contributed by atoms with Crippen LogP contribution in [0.25, 0.3) is 0 Å². The summed E-state index contributed by atoms with van der Waals surface area (Å²) in [6, 6.07) is 7.79. The van der Waals surface area contributed by atoms with E-state index in [1.165, 1.54) is 13.3 Å². The number of amides is 1. The molecule has 0 bridgehead atoms. The quantitative estimate of drug-likeness (QED) is 0.322. The molecule has 5 atom stereocenters. The molecule has 1 aliphatic heterocycles. The number of ether oxygens (including phenoxy) is 2. The van der Waals surface area contributed by atoms with Gasteiger partial charge in [-0.2, -0.15) is 0 Å². The Morgan fingerprint density at radius 1 is 1.19 bits per heavy atom. The number of hydrogen-bond acceptors (Lipinski definition) is 7. The highest BCUT2D eigenvalue weighted by atomic mass is 16.5. The van der Waals surface area contributed by atoms with Gasteiger partial charge in [-0.3, -0.25) is 14.9 Å². The molecule has 37 heavy (non-hydrogen) atoms. The van der Waals surface area contributed by atoms with Crippen LogP contribution in [0.15, 0.2) is 30.3 Å². The van der Waals surface area contributed by atoms with Crippen LogP contribution in [0.5, 0.6) is 0 Å². The minimum atomic E-state index is -0.727. The highest BCUT2D eigenvalue weighted by Gasteiger charge is 2.65. The predicted octanol–water partition coefficient (Wildman–Crippen LogP) is 4.05. The lowest BCUT2D eigenvalue weighted by Crippen LogP contribution is -2.63. The molecule has 3 rings (SSSR count). The number of nitrogens with zero attached hydrogens (tertiary/aromatic N) is 1. The standard InChI is InChI=1S/C29H43N3O5/c1-5-28-16-10-11-17-29(28,18-19-30)32(24(20-28)27(35)36-4)25(33)21(3)31-23(26(34)37-6-2)15-14-22-12-8-7-9-13-22/h7-9,12-13,19,21,23-24,30-31H,5-6,10-11,14-18,20H2,1-4H3/t21-,23-,24?,28?,29?/m0/s1. The van der Waals surface area contributed by atoms with E-state index in [4.69, 9.17) is 14.9 Å². The van der Waals surface area contributed by atoms with Crippen molar-refractivity contribution in [3.8, 4) is 0 Å². The molecule has 1 heterocycles. The van der Waals surface area contributed by atoms with E-state index in [0.717, 1.165) is 37.7 Å². The minimum Gasteiger partial charge on any atom is -0.467 e. The predicted molar refractivity (Wildman–Crippen MR) is 142 cm³/mol. The lowest BCUT2D eigenvalue weighted by atomic mass is 9.58. The van der Waals surface area contributed by atoms with Crippen LogP contribution in [0.3, 0.4) is 0 Å². The van der Waals surface area contributed by atoms with Gasteiger partial charge in [-0.25, -0.2) is 4.79 Å². The van der Waals surface area contributed by atoms with Crippen molar-refractivity contribution >= 4 is 24.1 Å². The van der Waals surface area contributed by atoms with Gasteiger partial charge in [0.2, 0.25) is 5.91 Å². The number of carbonyl (C=O) groups is 3. The largest absolute Gasteiger partial charge is 0.467 e. The van der Waals surface area contributed by atoms with E-state index in [-0.39, 0.29) is 17.9 Å². The van der Waals surface area contributed by atoms with Crippen LogP contribution in [-0.4, -0.2) is 66.3 Å². The van der Waals surface area contributed by atoms with Crippen LogP contribution in [0, 0.1) is 10.8 Å².